The van der Waals surface area contributed by atoms with Gasteiger partial charge in [-0.05, 0) is 12.5 Å². The van der Waals surface area contributed by atoms with Gasteiger partial charge in [-0.25, -0.2) is 0 Å². The second kappa shape index (κ2) is 5.41. The highest BCUT2D eigenvalue weighted by atomic mass is 16.9. The molecule has 1 aliphatic rings. The highest BCUT2D eigenvalue weighted by Crippen LogP contribution is 2.37. The molecule has 0 aromatic heterocycles. The van der Waals surface area contributed by atoms with Crippen molar-refractivity contribution in [2.24, 2.45) is 0 Å². The predicted molar refractivity (Wildman–Crippen MR) is 76.5 cm³/mol. The van der Waals surface area contributed by atoms with Gasteiger partial charge < -0.3 is 14.6 Å². The first kappa shape index (κ1) is 13.9. The molecule has 1 N–H and O–H groups in total. The van der Waals surface area contributed by atoms with Crippen LogP contribution in [0.1, 0.15) is 22.8 Å². The van der Waals surface area contributed by atoms with Gasteiger partial charge in [0.25, 0.3) is 0 Å². The molecule has 1 heterocycles. The number of hydrogen-bond donors (Lipinski definition) is 1. The minimum atomic E-state index is -1.85. The van der Waals surface area contributed by atoms with E-state index in [1.807, 2.05) is 12.1 Å². The van der Waals surface area contributed by atoms with Crippen molar-refractivity contribution in [3.8, 4) is 0 Å². The van der Waals surface area contributed by atoms with E-state index in [0.29, 0.717) is 11.1 Å². The van der Waals surface area contributed by atoms with Gasteiger partial charge in [0.2, 0.25) is 17.7 Å². The Kier molecular flexibility index (Phi) is 3.59. The molecule has 0 aliphatic carbocycles. The van der Waals surface area contributed by atoms with Crippen molar-refractivity contribution in [3.05, 3.63) is 71.8 Å². The number of benzene rings is 2. The van der Waals surface area contributed by atoms with Gasteiger partial charge in [-0.1, -0.05) is 60.7 Å². The van der Waals surface area contributed by atoms with Gasteiger partial charge in [-0.2, -0.15) is 0 Å². The molecular formula is C17H16O4. The van der Waals surface area contributed by atoms with Gasteiger partial charge in [-0.15, -0.1) is 0 Å². The molecule has 1 atom stereocenters. The number of ether oxygens (including phenoxy) is 2. The first-order valence-electron chi connectivity index (χ1n) is 6.81. The lowest BCUT2D eigenvalue weighted by Crippen LogP contribution is -2.57. The van der Waals surface area contributed by atoms with E-state index in [1.54, 1.807) is 55.5 Å². The fraction of sp³-hybridized carbons (Fsp3) is 0.235. The molecule has 1 unspecified atom stereocenters. The number of hydrogen-bond acceptors (Lipinski definition) is 4. The number of carbonyl (C=O) groups excluding carboxylic acids is 1. The van der Waals surface area contributed by atoms with Crippen LogP contribution < -0.4 is 0 Å². The maximum atomic E-state index is 12.8. The SMILES string of the molecule is CC1OC(C(O)(C(=O)c2ccccc2)c2ccccc2)O1. The maximum Gasteiger partial charge on any atom is 0.204 e. The number of Topliss-reactive ketones (excluding diaryl/α,β-unsaturated/α-hetero) is 1. The van der Waals surface area contributed by atoms with Crippen molar-refractivity contribution in [2.75, 3.05) is 0 Å². The summed E-state index contributed by atoms with van der Waals surface area (Å²) < 4.78 is 10.8. The van der Waals surface area contributed by atoms with Crippen LogP contribution in [0.3, 0.4) is 0 Å². The topological polar surface area (TPSA) is 55.8 Å². The summed E-state index contributed by atoms with van der Waals surface area (Å²) in [7, 11) is 0. The third kappa shape index (κ3) is 2.38. The van der Waals surface area contributed by atoms with E-state index < -0.39 is 24.0 Å². The molecule has 4 heteroatoms. The normalized spacial score (nSPS) is 23.9. The third-order valence-electron chi connectivity index (χ3n) is 3.57. The molecule has 1 fully saturated rings. The summed E-state index contributed by atoms with van der Waals surface area (Å²) in [6, 6.07) is 17.4. The second-order valence-corrected chi connectivity index (χ2v) is 5.00. The first-order valence-corrected chi connectivity index (χ1v) is 6.81. The van der Waals surface area contributed by atoms with Crippen LogP contribution in [0.15, 0.2) is 60.7 Å². The summed E-state index contributed by atoms with van der Waals surface area (Å²) in [5.41, 5.74) is -0.985. The second-order valence-electron chi connectivity index (χ2n) is 5.00. The lowest BCUT2D eigenvalue weighted by atomic mass is 9.84. The Bertz CT molecular complexity index is 620. The van der Waals surface area contributed by atoms with Crippen molar-refractivity contribution < 1.29 is 19.4 Å². The lowest BCUT2D eigenvalue weighted by molar-refractivity contribution is -0.413. The number of aliphatic hydroxyl groups is 1. The number of rotatable bonds is 4. The standard InChI is InChI=1S/C17H16O4/c1-12-20-16(21-12)17(19,14-10-6-3-7-11-14)15(18)13-8-4-2-5-9-13/h2-12,16,19H,1H3. The average Bonchev–Trinajstić information content (AvgIpc) is 2.52. The lowest BCUT2D eigenvalue weighted by Gasteiger charge is -2.43. The first-order chi connectivity index (χ1) is 10.1. The molecule has 0 radical (unpaired) electrons. The number of ketones is 1. The summed E-state index contributed by atoms with van der Waals surface area (Å²) in [6.45, 7) is 1.72. The molecule has 2 aromatic rings. The van der Waals surface area contributed by atoms with Gasteiger partial charge in [0.1, 0.15) is 0 Å². The van der Waals surface area contributed by atoms with Crippen LogP contribution in [-0.4, -0.2) is 23.5 Å². The van der Waals surface area contributed by atoms with Crippen molar-refractivity contribution in [3.63, 3.8) is 0 Å². The molecule has 0 bridgehead atoms. The smallest absolute Gasteiger partial charge is 0.204 e. The molecule has 1 aliphatic heterocycles. The van der Waals surface area contributed by atoms with Gasteiger partial charge in [0.05, 0.1) is 0 Å². The van der Waals surface area contributed by atoms with E-state index in [-0.39, 0.29) is 0 Å². The molecule has 108 valence electrons. The van der Waals surface area contributed by atoms with Crippen LogP contribution in [0.2, 0.25) is 0 Å². The van der Waals surface area contributed by atoms with Crippen LogP contribution >= 0.6 is 0 Å². The third-order valence-corrected chi connectivity index (χ3v) is 3.57. The molecule has 0 amide bonds. The van der Waals surface area contributed by atoms with Crippen LogP contribution in [0, 0.1) is 0 Å². The van der Waals surface area contributed by atoms with E-state index in [0.717, 1.165) is 0 Å². The van der Waals surface area contributed by atoms with E-state index in [9.17, 15) is 9.90 Å². The molecule has 1 saturated heterocycles. The van der Waals surface area contributed by atoms with Gasteiger partial charge >= 0.3 is 0 Å². The minimum absolute atomic E-state index is 0.413. The zero-order valence-electron chi connectivity index (χ0n) is 11.6. The average molecular weight is 284 g/mol. The van der Waals surface area contributed by atoms with Crippen molar-refractivity contribution in [2.45, 2.75) is 25.1 Å². The minimum Gasteiger partial charge on any atom is -0.373 e. The maximum absolute atomic E-state index is 12.8. The quantitative estimate of drug-likeness (QED) is 0.876. The monoisotopic (exact) mass is 284 g/mol. The molecule has 4 nitrogen and oxygen atoms in total. The highest BCUT2D eigenvalue weighted by molar-refractivity contribution is 6.03. The Hall–Kier alpha value is -2.01. The fourth-order valence-corrected chi connectivity index (χ4v) is 2.43. The zero-order valence-corrected chi connectivity index (χ0v) is 11.6. The van der Waals surface area contributed by atoms with Gasteiger partial charge in [0, 0.05) is 5.56 Å². The molecule has 0 saturated carbocycles. The number of carbonyl (C=O) groups is 1. The Balaban J connectivity index is 2.03. The largest absolute Gasteiger partial charge is 0.373 e. The molecule has 3 rings (SSSR count). The van der Waals surface area contributed by atoms with Crippen LogP contribution in [0.25, 0.3) is 0 Å². The van der Waals surface area contributed by atoms with E-state index in [4.69, 9.17) is 9.47 Å². The zero-order chi connectivity index (χ0) is 14.9. The summed E-state index contributed by atoms with van der Waals surface area (Å²) in [4.78, 5) is 12.8. The van der Waals surface area contributed by atoms with E-state index in [1.165, 1.54) is 0 Å². The molecular weight excluding hydrogens is 268 g/mol. The van der Waals surface area contributed by atoms with E-state index >= 15 is 0 Å². The highest BCUT2D eigenvalue weighted by Gasteiger charge is 2.52. The summed E-state index contributed by atoms with van der Waals surface area (Å²) in [6.07, 6.45) is -1.42. The summed E-state index contributed by atoms with van der Waals surface area (Å²) in [5.74, 6) is -0.439. The van der Waals surface area contributed by atoms with Crippen LogP contribution in [0.4, 0.5) is 0 Å². The molecule has 21 heavy (non-hydrogen) atoms. The van der Waals surface area contributed by atoms with Crippen LogP contribution in [0.5, 0.6) is 0 Å². The van der Waals surface area contributed by atoms with Gasteiger partial charge in [-0.3, -0.25) is 4.79 Å². The predicted octanol–water partition coefficient (Wildman–Crippen LogP) is 2.48. The Morgan fingerprint density at radius 1 is 1.00 bits per heavy atom. The summed E-state index contributed by atoms with van der Waals surface area (Å²) >= 11 is 0. The van der Waals surface area contributed by atoms with Crippen molar-refractivity contribution >= 4 is 5.78 Å². The summed E-state index contributed by atoms with van der Waals surface area (Å²) in [5, 5.41) is 11.0. The Morgan fingerprint density at radius 3 is 2.05 bits per heavy atom. The van der Waals surface area contributed by atoms with E-state index in [2.05, 4.69) is 0 Å². The molecule has 2 aromatic carbocycles. The fourth-order valence-electron chi connectivity index (χ4n) is 2.43. The van der Waals surface area contributed by atoms with Gasteiger partial charge in [0.15, 0.2) is 6.29 Å². The Labute approximate surface area is 122 Å². The Morgan fingerprint density at radius 2 is 1.52 bits per heavy atom. The van der Waals surface area contributed by atoms with Crippen molar-refractivity contribution in [1.29, 1.82) is 0 Å². The van der Waals surface area contributed by atoms with Crippen molar-refractivity contribution in [1.82, 2.24) is 0 Å². The molecule has 0 spiro atoms. The van der Waals surface area contributed by atoms with Crippen LogP contribution in [-0.2, 0) is 15.1 Å².